The lowest BCUT2D eigenvalue weighted by Gasteiger charge is -2.24. The molecule has 24 heavy (non-hydrogen) atoms. The number of hydrazine groups is 1. The third kappa shape index (κ3) is 3.70. The summed E-state index contributed by atoms with van der Waals surface area (Å²) in [7, 11) is 0. The van der Waals surface area contributed by atoms with Crippen LogP contribution in [0.25, 0.3) is 0 Å². The Morgan fingerprint density at radius 1 is 1.21 bits per heavy atom. The van der Waals surface area contributed by atoms with E-state index in [0.29, 0.717) is 18.7 Å². The van der Waals surface area contributed by atoms with Gasteiger partial charge < -0.3 is 5.32 Å². The van der Waals surface area contributed by atoms with Crippen molar-refractivity contribution in [1.82, 2.24) is 20.7 Å². The molecule has 0 aromatic heterocycles. The molecule has 0 spiro atoms. The Morgan fingerprint density at radius 3 is 2.46 bits per heavy atom. The Morgan fingerprint density at radius 2 is 1.88 bits per heavy atom. The largest absolute Gasteiger partial charge is 0.356 e. The smallest absolute Gasteiger partial charge is 0.269 e. The van der Waals surface area contributed by atoms with Gasteiger partial charge >= 0.3 is 0 Å². The Hall–Kier alpha value is -2.48. The highest BCUT2D eigenvalue weighted by atomic mass is 32.1. The topological polar surface area (TPSA) is 81.8 Å². The molecule has 0 bridgehead atoms. The molecular weight excluding hydrogens is 328 g/mol. The number of hydrogen-bond acceptors (Lipinski definition) is 4. The zero-order valence-electron chi connectivity index (χ0n) is 13.6. The van der Waals surface area contributed by atoms with Crippen LogP contribution in [0, 0.1) is 0 Å². The van der Waals surface area contributed by atoms with Gasteiger partial charge in [0.15, 0.2) is 5.11 Å². The predicted octanol–water partition coefficient (Wildman–Crippen LogP) is 0.675. The van der Waals surface area contributed by atoms with Gasteiger partial charge in [-0.2, -0.15) is 0 Å². The van der Waals surface area contributed by atoms with Crippen LogP contribution in [0.5, 0.6) is 0 Å². The van der Waals surface area contributed by atoms with Crippen molar-refractivity contribution in [2.75, 3.05) is 13.1 Å². The van der Waals surface area contributed by atoms with E-state index in [0.717, 1.165) is 0 Å². The molecule has 1 fully saturated rings. The van der Waals surface area contributed by atoms with Crippen molar-refractivity contribution in [3.8, 4) is 0 Å². The van der Waals surface area contributed by atoms with Crippen LogP contribution >= 0.6 is 12.2 Å². The van der Waals surface area contributed by atoms with Crippen LogP contribution < -0.4 is 10.7 Å². The summed E-state index contributed by atoms with van der Waals surface area (Å²) >= 11 is 5.29. The van der Waals surface area contributed by atoms with Crippen LogP contribution in [0.4, 0.5) is 0 Å². The summed E-state index contributed by atoms with van der Waals surface area (Å²) in [6, 6.07) is 7.77. The molecule has 7 nitrogen and oxygen atoms in total. The number of carbonyl (C=O) groups is 3. The van der Waals surface area contributed by atoms with E-state index in [1.165, 1.54) is 9.91 Å². The number of thiocarbonyl (C=S) groups is 1. The highest BCUT2D eigenvalue weighted by Crippen LogP contribution is 2.19. The lowest BCUT2D eigenvalue weighted by atomic mass is 10.2. The Balaban J connectivity index is 2.19. The normalized spacial score (nSPS) is 17.2. The fourth-order valence-corrected chi connectivity index (χ4v) is 2.84. The molecule has 1 aliphatic rings. The maximum Gasteiger partial charge on any atom is 0.269 e. The van der Waals surface area contributed by atoms with Gasteiger partial charge in [-0.1, -0.05) is 18.2 Å². The summed E-state index contributed by atoms with van der Waals surface area (Å²) in [6.45, 7) is 4.43. The molecule has 0 aliphatic carbocycles. The molecule has 1 aliphatic heterocycles. The van der Waals surface area contributed by atoms with E-state index in [1.807, 2.05) is 0 Å². The second-order valence-electron chi connectivity index (χ2n) is 5.22. The van der Waals surface area contributed by atoms with Crippen molar-refractivity contribution in [3.63, 3.8) is 0 Å². The number of benzene rings is 1. The van der Waals surface area contributed by atoms with E-state index in [2.05, 4.69) is 10.7 Å². The molecule has 1 atom stereocenters. The van der Waals surface area contributed by atoms with Gasteiger partial charge in [-0.25, -0.2) is 5.01 Å². The Bertz CT molecular complexity index is 650. The third-order valence-corrected chi connectivity index (χ3v) is 4.04. The van der Waals surface area contributed by atoms with Crippen molar-refractivity contribution in [3.05, 3.63) is 35.9 Å². The van der Waals surface area contributed by atoms with Gasteiger partial charge in [0.05, 0.1) is 6.42 Å². The number of carbonyl (C=O) groups excluding carboxylic acids is 3. The fourth-order valence-electron chi connectivity index (χ4n) is 2.45. The van der Waals surface area contributed by atoms with Crippen LogP contribution in [0.3, 0.4) is 0 Å². The summed E-state index contributed by atoms with van der Waals surface area (Å²) in [5.74, 6) is -0.942. The Labute approximate surface area is 146 Å². The monoisotopic (exact) mass is 348 g/mol. The van der Waals surface area contributed by atoms with E-state index in [-0.39, 0.29) is 29.3 Å². The van der Waals surface area contributed by atoms with Crippen LogP contribution in [-0.2, 0) is 9.59 Å². The minimum absolute atomic E-state index is 0.0710. The van der Waals surface area contributed by atoms with Crippen LogP contribution in [-0.4, -0.2) is 51.9 Å². The molecule has 1 heterocycles. The molecule has 0 unspecified atom stereocenters. The molecule has 2 rings (SSSR count). The molecule has 1 aromatic carbocycles. The van der Waals surface area contributed by atoms with Gasteiger partial charge in [0.2, 0.25) is 5.91 Å². The predicted molar refractivity (Wildman–Crippen MR) is 92.8 cm³/mol. The molecule has 2 N–H and O–H groups in total. The van der Waals surface area contributed by atoms with Crippen LogP contribution in [0.15, 0.2) is 30.3 Å². The van der Waals surface area contributed by atoms with E-state index >= 15 is 0 Å². The number of amides is 3. The second-order valence-corrected chi connectivity index (χ2v) is 5.58. The summed E-state index contributed by atoms with van der Waals surface area (Å²) < 4.78 is 0. The van der Waals surface area contributed by atoms with Gasteiger partial charge in [-0.15, -0.1) is 0 Å². The van der Waals surface area contributed by atoms with Gasteiger partial charge in [0.25, 0.3) is 11.8 Å². The highest BCUT2D eigenvalue weighted by molar-refractivity contribution is 7.80. The van der Waals surface area contributed by atoms with E-state index in [4.69, 9.17) is 12.2 Å². The van der Waals surface area contributed by atoms with Gasteiger partial charge in [-0.05, 0) is 38.2 Å². The third-order valence-electron chi connectivity index (χ3n) is 3.63. The minimum Gasteiger partial charge on any atom is -0.356 e. The van der Waals surface area contributed by atoms with Gasteiger partial charge in [0.1, 0.15) is 6.04 Å². The summed E-state index contributed by atoms with van der Waals surface area (Å²) in [5, 5.41) is 4.16. The first-order valence-electron chi connectivity index (χ1n) is 7.76. The zero-order valence-corrected chi connectivity index (χ0v) is 14.4. The molecular formula is C16H20N4O3S. The first kappa shape index (κ1) is 17.9. The van der Waals surface area contributed by atoms with Crippen molar-refractivity contribution in [1.29, 1.82) is 0 Å². The lowest BCUT2D eigenvalue weighted by Crippen LogP contribution is -2.50. The van der Waals surface area contributed by atoms with Gasteiger partial charge in [0, 0.05) is 18.7 Å². The molecule has 8 heteroatoms. The van der Waals surface area contributed by atoms with Crippen molar-refractivity contribution in [2.45, 2.75) is 26.3 Å². The molecule has 128 valence electrons. The molecule has 1 aromatic rings. The average molecular weight is 348 g/mol. The quantitative estimate of drug-likeness (QED) is 0.739. The second kappa shape index (κ2) is 7.87. The summed E-state index contributed by atoms with van der Waals surface area (Å²) in [4.78, 5) is 38.1. The number of nitrogens with zero attached hydrogens (tertiary/aromatic N) is 2. The van der Waals surface area contributed by atoms with E-state index in [1.54, 1.807) is 44.2 Å². The highest BCUT2D eigenvalue weighted by Gasteiger charge is 2.43. The van der Waals surface area contributed by atoms with Crippen LogP contribution in [0.2, 0.25) is 0 Å². The maximum atomic E-state index is 12.5. The first-order chi connectivity index (χ1) is 11.5. The molecule has 1 saturated heterocycles. The molecule has 0 saturated carbocycles. The van der Waals surface area contributed by atoms with Gasteiger partial charge in [-0.3, -0.25) is 24.7 Å². The zero-order chi connectivity index (χ0) is 17.7. The summed E-state index contributed by atoms with van der Waals surface area (Å²) in [5.41, 5.74) is 3.09. The van der Waals surface area contributed by atoms with E-state index < -0.39 is 6.04 Å². The fraction of sp³-hybridized carbons (Fsp3) is 0.375. The SMILES string of the molecule is CCNC(=O)C[C@@H]1C(=O)N(CC)C(=S)N1NC(=O)c1ccccc1. The average Bonchev–Trinajstić information content (AvgIpc) is 2.79. The van der Waals surface area contributed by atoms with E-state index in [9.17, 15) is 14.4 Å². The number of hydrogen-bond donors (Lipinski definition) is 2. The lowest BCUT2D eigenvalue weighted by molar-refractivity contribution is -0.132. The summed E-state index contributed by atoms with van der Waals surface area (Å²) in [6.07, 6.45) is -0.0710. The molecule has 3 amide bonds. The standard InChI is InChI=1S/C16H20N4O3S/c1-3-17-13(21)10-12-15(23)19(4-2)16(24)20(12)18-14(22)11-8-6-5-7-9-11/h5-9,12H,3-4,10H2,1-2H3,(H,17,21)(H,18,22)/t12-/m1/s1. The van der Waals surface area contributed by atoms with Crippen molar-refractivity contribution >= 4 is 35.1 Å². The molecule has 0 radical (unpaired) electrons. The maximum absolute atomic E-state index is 12.5. The Kier molecular flexibility index (Phi) is 5.86. The number of rotatable bonds is 6. The number of nitrogens with one attached hydrogen (secondary N) is 2. The first-order valence-corrected chi connectivity index (χ1v) is 8.17. The van der Waals surface area contributed by atoms with Crippen molar-refractivity contribution < 1.29 is 14.4 Å². The van der Waals surface area contributed by atoms with Crippen LogP contribution in [0.1, 0.15) is 30.6 Å². The van der Waals surface area contributed by atoms with Crippen molar-refractivity contribution in [2.24, 2.45) is 0 Å². The number of likely N-dealkylation sites (N-methyl/N-ethyl adjacent to an activating group) is 1. The minimum atomic E-state index is -0.836.